The topological polar surface area (TPSA) is 89.2 Å². The van der Waals surface area contributed by atoms with Crippen LogP contribution in [0.25, 0.3) is 11.1 Å². The van der Waals surface area contributed by atoms with Crippen molar-refractivity contribution in [3.05, 3.63) is 84.2 Å². The molecular weight excluding hydrogens is 395 g/mol. The number of nitrogens with zero attached hydrogens (tertiary/aromatic N) is 3. The molecule has 6 nitrogen and oxygen atoms in total. The van der Waals surface area contributed by atoms with Gasteiger partial charge in [0.2, 0.25) is 5.91 Å². The van der Waals surface area contributed by atoms with Gasteiger partial charge in [-0.25, -0.2) is 9.37 Å². The van der Waals surface area contributed by atoms with Crippen molar-refractivity contribution < 1.29 is 14.0 Å². The lowest BCUT2D eigenvalue weighted by atomic mass is 9.74. The third-order valence-corrected chi connectivity index (χ3v) is 5.80. The lowest BCUT2D eigenvalue weighted by molar-refractivity contribution is -0.130. The molecule has 1 aliphatic rings. The van der Waals surface area contributed by atoms with Crippen molar-refractivity contribution in [2.45, 2.75) is 19.3 Å². The lowest BCUT2D eigenvalue weighted by Gasteiger charge is -2.40. The number of hydrogen-bond acceptors (Lipinski definition) is 4. The fraction of sp³-hybridized carbons (Fsp3) is 0.250. The summed E-state index contributed by atoms with van der Waals surface area (Å²) in [7, 11) is 0. The second-order valence-corrected chi connectivity index (χ2v) is 7.95. The number of benzene rings is 2. The molecule has 0 unspecified atom stereocenters. The van der Waals surface area contributed by atoms with E-state index >= 15 is 0 Å². The van der Waals surface area contributed by atoms with Crippen LogP contribution in [0, 0.1) is 11.2 Å². The number of nitrogens with two attached hydrogens (primary N) is 1. The van der Waals surface area contributed by atoms with Crippen LogP contribution in [0.2, 0.25) is 0 Å². The molecule has 2 heterocycles. The second kappa shape index (κ2) is 8.63. The van der Waals surface area contributed by atoms with Crippen LogP contribution in [-0.2, 0) is 11.2 Å². The van der Waals surface area contributed by atoms with Crippen molar-refractivity contribution in [3.8, 4) is 11.1 Å². The molecule has 31 heavy (non-hydrogen) atoms. The number of amides is 2. The molecule has 2 amide bonds. The Kier molecular flexibility index (Phi) is 5.75. The van der Waals surface area contributed by atoms with Crippen molar-refractivity contribution >= 4 is 11.8 Å². The predicted octanol–water partition coefficient (Wildman–Crippen LogP) is 3.23. The molecule has 2 aromatic carbocycles. The number of aromatic nitrogens is 2. The van der Waals surface area contributed by atoms with Gasteiger partial charge in [0.1, 0.15) is 11.5 Å². The first kappa shape index (κ1) is 20.7. The number of likely N-dealkylation sites (tertiary alicyclic amines) is 1. The van der Waals surface area contributed by atoms with Crippen LogP contribution in [0.15, 0.2) is 67.1 Å². The van der Waals surface area contributed by atoms with Gasteiger partial charge in [0.25, 0.3) is 5.91 Å². The molecule has 1 fully saturated rings. The first-order valence-corrected chi connectivity index (χ1v) is 10.2. The Morgan fingerprint density at radius 1 is 1.10 bits per heavy atom. The molecule has 4 rings (SSSR count). The minimum absolute atomic E-state index is 0.224. The highest BCUT2D eigenvalue weighted by Crippen LogP contribution is 2.35. The van der Waals surface area contributed by atoms with E-state index in [4.69, 9.17) is 5.73 Å². The average Bonchev–Trinajstić information content (AvgIpc) is 2.79. The van der Waals surface area contributed by atoms with Crippen molar-refractivity contribution in [1.82, 2.24) is 14.9 Å². The van der Waals surface area contributed by atoms with E-state index in [-0.39, 0.29) is 24.0 Å². The molecule has 2 N–H and O–H groups in total. The van der Waals surface area contributed by atoms with Gasteiger partial charge in [0.15, 0.2) is 0 Å². The summed E-state index contributed by atoms with van der Waals surface area (Å²) >= 11 is 0. The zero-order valence-electron chi connectivity index (χ0n) is 17.0. The van der Waals surface area contributed by atoms with E-state index < -0.39 is 11.3 Å². The van der Waals surface area contributed by atoms with Crippen molar-refractivity contribution in [2.24, 2.45) is 11.1 Å². The Bertz CT molecular complexity index is 1110. The minimum Gasteiger partial charge on any atom is -0.369 e. The van der Waals surface area contributed by atoms with Gasteiger partial charge >= 0.3 is 0 Å². The van der Waals surface area contributed by atoms with E-state index in [2.05, 4.69) is 9.97 Å². The molecule has 0 bridgehead atoms. The highest BCUT2D eigenvalue weighted by Gasteiger charge is 2.42. The largest absolute Gasteiger partial charge is 0.369 e. The lowest BCUT2D eigenvalue weighted by Crippen LogP contribution is -2.53. The highest BCUT2D eigenvalue weighted by atomic mass is 19.1. The minimum atomic E-state index is -0.878. The van der Waals surface area contributed by atoms with Gasteiger partial charge in [-0.05, 0) is 48.1 Å². The van der Waals surface area contributed by atoms with E-state index in [1.54, 1.807) is 11.0 Å². The molecule has 1 atom stereocenters. The number of carbonyl (C=O) groups excluding carboxylic acids is 2. The monoisotopic (exact) mass is 418 g/mol. The van der Waals surface area contributed by atoms with Crippen molar-refractivity contribution in [3.63, 3.8) is 0 Å². The molecule has 1 aromatic heterocycles. The Morgan fingerprint density at radius 2 is 1.87 bits per heavy atom. The van der Waals surface area contributed by atoms with Gasteiger partial charge in [-0.3, -0.25) is 14.6 Å². The third-order valence-electron chi connectivity index (χ3n) is 5.80. The van der Waals surface area contributed by atoms with E-state index in [0.29, 0.717) is 25.8 Å². The average molecular weight is 418 g/mol. The predicted molar refractivity (Wildman–Crippen MR) is 114 cm³/mol. The SMILES string of the molecule is NC(=O)[C@@]1(Cc2cccc(-c3cccc(F)c3)c2)CCCN(C(=O)c2cnccn2)C1. The van der Waals surface area contributed by atoms with E-state index in [1.165, 1.54) is 30.7 Å². The molecule has 0 radical (unpaired) electrons. The van der Waals surface area contributed by atoms with Crippen molar-refractivity contribution in [2.75, 3.05) is 13.1 Å². The summed E-state index contributed by atoms with van der Waals surface area (Å²) in [5.41, 5.74) is 7.77. The van der Waals surface area contributed by atoms with Gasteiger partial charge in [-0.15, -0.1) is 0 Å². The summed E-state index contributed by atoms with van der Waals surface area (Å²) in [6, 6.07) is 14.0. The van der Waals surface area contributed by atoms with Crippen LogP contribution in [0.4, 0.5) is 4.39 Å². The number of rotatable bonds is 5. The maximum atomic E-state index is 13.6. The molecule has 158 valence electrons. The van der Waals surface area contributed by atoms with Crippen LogP contribution in [0.1, 0.15) is 28.9 Å². The van der Waals surface area contributed by atoms with Crippen molar-refractivity contribution in [1.29, 1.82) is 0 Å². The number of piperidine rings is 1. The quantitative estimate of drug-likeness (QED) is 0.689. The maximum Gasteiger partial charge on any atom is 0.274 e. The standard InChI is InChI=1S/C24H23FN4O2/c25-20-7-2-6-19(13-20)18-5-1-4-17(12-18)14-24(23(26)31)8-3-11-29(16-24)22(30)21-15-27-9-10-28-21/h1-2,4-7,9-10,12-13,15H,3,8,11,14,16H2,(H2,26,31)/t24-/m1/s1. The second-order valence-electron chi connectivity index (χ2n) is 7.95. The molecule has 1 saturated heterocycles. The van der Waals surface area contributed by atoms with E-state index in [9.17, 15) is 14.0 Å². The normalized spacial score (nSPS) is 18.5. The molecule has 0 aliphatic carbocycles. The van der Waals surface area contributed by atoms with Gasteiger partial charge < -0.3 is 10.6 Å². The number of halogens is 1. The fourth-order valence-corrected chi connectivity index (χ4v) is 4.23. The molecule has 0 saturated carbocycles. The zero-order chi connectivity index (χ0) is 21.8. The van der Waals surface area contributed by atoms with Crippen LogP contribution in [-0.4, -0.2) is 39.8 Å². The van der Waals surface area contributed by atoms with E-state index in [0.717, 1.165) is 16.7 Å². The van der Waals surface area contributed by atoms with Crippen LogP contribution in [0.3, 0.4) is 0 Å². The number of primary amides is 1. The molecule has 1 aliphatic heterocycles. The van der Waals surface area contributed by atoms with Gasteiger partial charge in [-0.2, -0.15) is 0 Å². The summed E-state index contributed by atoms with van der Waals surface area (Å²) in [5, 5.41) is 0. The Hall–Kier alpha value is -3.61. The zero-order valence-corrected chi connectivity index (χ0v) is 17.0. The maximum absolute atomic E-state index is 13.6. The number of carbonyl (C=O) groups is 2. The van der Waals surface area contributed by atoms with Crippen LogP contribution in [0.5, 0.6) is 0 Å². The third kappa shape index (κ3) is 4.45. The first-order valence-electron chi connectivity index (χ1n) is 10.2. The number of hydrogen-bond donors (Lipinski definition) is 1. The fourth-order valence-electron chi connectivity index (χ4n) is 4.23. The van der Waals surface area contributed by atoms with E-state index in [1.807, 2.05) is 30.3 Å². The Labute approximate surface area is 179 Å². The van der Waals surface area contributed by atoms with Gasteiger partial charge in [-0.1, -0.05) is 36.4 Å². The first-order chi connectivity index (χ1) is 15.0. The Morgan fingerprint density at radius 3 is 2.58 bits per heavy atom. The van der Waals surface area contributed by atoms with Crippen LogP contribution < -0.4 is 5.73 Å². The van der Waals surface area contributed by atoms with Gasteiger partial charge in [0, 0.05) is 25.5 Å². The summed E-state index contributed by atoms with van der Waals surface area (Å²) < 4.78 is 13.6. The summed E-state index contributed by atoms with van der Waals surface area (Å²) in [4.78, 5) is 35.1. The summed E-state index contributed by atoms with van der Waals surface area (Å²) in [5.74, 6) is -0.991. The summed E-state index contributed by atoms with van der Waals surface area (Å²) in [6.07, 6.45) is 6.05. The smallest absolute Gasteiger partial charge is 0.274 e. The highest BCUT2D eigenvalue weighted by molar-refractivity contribution is 5.93. The van der Waals surface area contributed by atoms with Gasteiger partial charge in [0.05, 0.1) is 11.6 Å². The molecule has 0 spiro atoms. The molecule has 3 aromatic rings. The molecule has 7 heteroatoms. The van der Waals surface area contributed by atoms with Crippen LogP contribution >= 0.6 is 0 Å². The summed E-state index contributed by atoms with van der Waals surface area (Å²) in [6.45, 7) is 0.760. The molecular formula is C24H23FN4O2. The Balaban J connectivity index is 1.60.